The number of aromatic nitrogens is 1. The quantitative estimate of drug-likeness (QED) is 0.731. The van der Waals surface area contributed by atoms with Crippen molar-refractivity contribution in [1.29, 1.82) is 0 Å². The summed E-state index contributed by atoms with van der Waals surface area (Å²) in [6, 6.07) is 7.50. The monoisotopic (exact) mass is 327 g/mol. The summed E-state index contributed by atoms with van der Waals surface area (Å²) < 4.78 is 32.0. The summed E-state index contributed by atoms with van der Waals surface area (Å²) in [6.07, 6.45) is 1.59. The Morgan fingerprint density at radius 1 is 1.24 bits per heavy atom. The zero-order chi connectivity index (χ0) is 15.3. The average molecular weight is 327 g/mol. The molecule has 0 radical (unpaired) electrons. The van der Waals surface area contributed by atoms with Crippen molar-refractivity contribution in [3.05, 3.63) is 45.9 Å². The zero-order valence-electron chi connectivity index (χ0n) is 11.9. The van der Waals surface area contributed by atoms with Gasteiger partial charge in [-0.2, -0.15) is 8.42 Å². The highest BCUT2D eigenvalue weighted by Gasteiger charge is 2.03. The molecule has 114 valence electrons. The second-order valence-electron chi connectivity index (χ2n) is 4.57. The van der Waals surface area contributed by atoms with Crippen molar-refractivity contribution in [3.8, 4) is 5.75 Å². The van der Waals surface area contributed by atoms with Gasteiger partial charge in [0, 0.05) is 5.38 Å². The van der Waals surface area contributed by atoms with Crippen molar-refractivity contribution in [1.82, 2.24) is 4.98 Å². The molecule has 7 heteroatoms. The molecular formula is C14H17NO4S2. The molecule has 0 bridgehead atoms. The van der Waals surface area contributed by atoms with Crippen molar-refractivity contribution >= 4 is 21.5 Å². The molecule has 0 unspecified atom stereocenters. The second kappa shape index (κ2) is 7.02. The van der Waals surface area contributed by atoms with Crippen LogP contribution in [0.2, 0.25) is 0 Å². The average Bonchev–Trinajstić information content (AvgIpc) is 2.82. The highest BCUT2D eigenvalue weighted by molar-refractivity contribution is 7.85. The lowest BCUT2D eigenvalue weighted by Crippen LogP contribution is -2.06. The highest BCUT2D eigenvalue weighted by atomic mass is 32.2. The topological polar surface area (TPSA) is 65.5 Å². The van der Waals surface area contributed by atoms with Crippen molar-refractivity contribution in [2.45, 2.75) is 20.0 Å². The smallest absolute Gasteiger partial charge is 0.264 e. The van der Waals surface area contributed by atoms with Gasteiger partial charge in [-0.25, -0.2) is 4.98 Å². The van der Waals surface area contributed by atoms with Gasteiger partial charge in [0.2, 0.25) is 0 Å². The van der Waals surface area contributed by atoms with Gasteiger partial charge in [-0.05, 0) is 31.0 Å². The molecule has 1 aromatic carbocycles. The summed E-state index contributed by atoms with van der Waals surface area (Å²) in [5.74, 6) is 0.758. The molecule has 0 saturated heterocycles. The molecule has 0 aliphatic carbocycles. The second-order valence-corrected chi connectivity index (χ2v) is 7.27. The van der Waals surface area contributed by atoms with Crippen LogP contribution in [-0.2, 0) is 27.3 Å². The summed E-state index contributed by atoms with van der Waals surface area (Å²) >= 11 is 1.60. The standard InChI is InChI=1S/C14H17NO4S2/c1-11-15-13(10-20-11)9-18-14-5-3-12(4-6-14)7-8-19-21(2,16)17/h3-6,10H,7-9H2,1-2H3. The highest BCUT2D eigenvalue weighted by Crippen LogP contribution is 2.16. The fourth-order valence-electron chi connectivity index (χ4n) is 1.70. The maximum absolute atomic E-state index is 10.8. The lowest BCUT2D eigenvalue weighted by molar-refractivity contribution is 0.301. The molecule has 21 heavy (non-hydrogen) atoms. The van der Waals surface area contributed by atoms with Gasteiger partial charge in [0.05, 0.1) is 23.6 Å². The van der Waals surface area contributed by atoms with E-state index in [2.05, 4.69) is 4.98 Å². The fourth-order valence-corrected chi connectivity index (χ4v) is 2.68. The number of rotatable bonds is 7. The van der Waals surface area contributed by atoms with Crippen LogP contribution < -0.4 is 4.74 Å². The third-order valence-corrected chi connectivity index (χ3v) is 4.08. The first-order valence-electron chi connectivity index (χ1n) is 6.39. The van der Waals surface area contributed by atoms with Gasteiger partial charge in [0.1, 0.15) is 12.4 Å². The molecule has 0 fully saturated rings. The Balaban J connectivity index is 1.81. The Hall–Kier alpha value is -1.44. The molecule has 2 aromatic rings. The van der Waals surface area contributed by atoms with E-state index >= 15 is 0 Å². The normalized spacial score (nSPS) is 11.5. The Morgan fingerprint density at radius 3 is 2.52 bits per heavy atom. The first-order valence-corrected chi connectivity index (χ1v) is 9.09. The number of hydrogen-bond acceptors (Lipinski definition) is 6. The summed E-state index contributed by atoms with van der Waals surface area (Å²) in [7, 11) is -3.37. The van der Waals surface area contributed by atoms with Crippen LogP contribution in [0.1, 0.15) is 16.3 Å². The first-order chi connectivity index (χ1) is 9.92. The molecule has 0 aliphatic rings. The van der Waals surface area contributed by atoms with Crippen molar-refractivity contribution < 1.29 is 17.3 Å². The SMILES string of the molecule is Cc1nc(COc2ccc(CCOS(C)(=O)=O)cc2)cs1. The van der Waals surface area contributed by atoms with Crippen molar-refractivity contribution in [3.63, 3.8) is 0 Å². The number of benzene rings is 1. The maximum atomic E-state index is 10.8. The number of ether oxygens (including phenoxy) is 1. The van der Waals surface area contributed by atoms with Crippen LogP contribution in [0.4, 0.5) is 0 Å². The zero-order valence-corrected chi connectivity index (χ0v) is 13.5. The van der Waals surface area contributed by atoms with Gasteiger partial charge in [-0.3, -0.25) is 4.18 Å². The maximum Gasteiger partial charge on any atom is 0.264 e. The Morgan fingerprint density at radius 2 is 1.95 bits per heavy atom. The lowest BCUT2D eigenvalue weighted by atomic mass is 10.1. The van der Waals surface area contributed by atoms with Crippen molar-refractivity contribution in [2.75, 3.05) is 12.9 Å². The third kappa shape index (κ3) is 5.82. The molecule has 1 aromatic heterocycles. The van der Waals surface area contributed by atoms with Crippen LogP contribution >= 0.6 is 11.3 Å². The number of aryl methyl sites for hydroxylation is 1. The summed E-state index contributed by atoms with van der Waals surface area (Å²) in [5, 5.41) is 3.00. The number of thiazole rings is 1. The van der Waals surface area contributed by atoms with E-state index in [1.165, 1.54) is 0 Å². The van der Waals surface area contributed by atoms with E-state index in [1.807, 2.05) is 36.6 Å². The van der Waals surface area contributed by atoms with Gasteiger partial charge in [-0.15, -0.1) is 11.3 Å². The predicted molar refractivity (Wildman–Crippen MR) is 82.1 cm³/mol. The Labute approximate surface area is 128 Å². The lowest BCUT2D eigenvalue weighted by Gasteiger charge is -2.06. The van der Waals surface area contributed by atoms with Crippen LogP contribution in [0.25, 0.3) is 0 Å². The van der Waals surface area contributed by atoms with E-state index in [-0.39, 0.29) is 6.61 Å². The minimum atomic E-state index is -3.37. The third-order valence-electron chi connectivity index (χ3n) is 2.66. The Kier molecular flexibility index (Phi) is 5.33. The van der Waals surface area contributed by atoms with Gasteiger partial charge in [-0.1, -0.05) is 12.1 Å². The van der Waals surface area contributed by atoms with E-state index in [9.17, 15) is 8.42 Å². The number of nitrogens with zero attached hydrogens (tertiary/aromatic N) is 1. The van der Waals surface area contributed by atoms with E-state index in [0.717, 1.165) is 28.3 Å². The number of hydrogen-bond donors (Lipinski definition) is 0. The molecule has 5 nitrogen and oxygen atoms in total. The minimum absolute atomic E-state index is 0.150. The van der Waals surface area contributed by atoms with Crippen molar-refractivity contribution in [2.24, 2.45) is 0 Å². The van der Waals surface area contributed by atoms with Crippen LogP contribution in [0.3, 0.4) is 0 Å². The molecule has 2 rings (SSSR count). The van der Waals surface area contributed by atoms with Gasteiger partial charge in [0.25, 0.3) is 10.1 Å². The molecule has 1 heterocycles. The first kappa shape index (κ1) is 15.9. The van der Waals surface area contributed by atoms with E-state index in [4.69, 9.17) is 8.92 Å². The van der Waals surface area contributed by atoms with E-state index in [0.29, 0.717) is 13.0 Å². The van der Waals surface area contributed by atoms with Gasteiger partial charge >= 0.3 is 0 Å². The summed E-state index contributed by atoms with van der Waals surface area (Å²) in [6.45, 7) is 2.56. The van der Waals surface area contributed by atoms with Crippen LogP contribution in [0, 0.1) is 6.92 Å². The largest absolute Gasteiger partial charge is 0.487 e. The predicted octanol–water partition coefficient (Wildman–Crippen LogP) is 2.55. The van der Waals surface area contributed by atoms with Crippen LogP contribution in [0.5, 0.6) is 5.75 Å². The fraction of sp³-hybridized carbons (Fsp3) is 0.357. The molecule has 0 atom stereocenters. The summed E-state index contributed by atoms with van der Waals surface area (Å²) in [4.78, 5) is 4.33. The molecule has 0 aliphatic heterocycles. The van der Waals surface area contributed by atoms with Gasteiger partial charge < -0.3 is 4.74 Å². The Bertz CT molecular complexity index is 677. The molecule has 0 saturated carbocycles. The van der Waals surface area contributed by atoms with Gasteiger partial charge in [0.15, 0.2) is 0 Å². The molecular weight excluding hydrogens is 310 g/mol. The minimum Gasteiger partial charge on any atom is -0.487 e. The van der Waals surface area contributed by atoms with E-state index < -0.39 is 10.1 Å². The molecule has 0 amide bonds. The molecule has 0 spiro atoms. The van der Waals surface area contributed by atoms with Crippen LogP contribution in [0.15, 0.2) is 29.6 Å². The molecule has 0 N–H and O–H groups in total. The summed E-state index contributed by atoms with van der Waals surface area (Å²) in [5.41, 5.74) is 1.92. The van der Waals surface area contributed by atoms with E-state index in [1.54, 1.807) is 11.3 Å². The van der Waals surface area contributed by atoms with Crippen LogP contribution in [-0.4, -0.2) is 26.3 Å².